The molecule has 0 spiro atoms. The Labute approximate surface area is 149 Å². The summed E-state index contributed by atoms with van der Waals surface area (Å²) in [7, 11) is 0. The number of anilines is 1. The van der Waals surface area contributed by atoms with Crippen molar-refractivity contribution in [3.8, 4) is 10.7 Å². The van der Waals surface area contributed by atoms with Gasteiger partial charge in [-0.1, -0.05) is 11.2 Å². The lowest BCUT2D eigenvalue weighted by Crippen LogP contribution is -2.27. The molecule has 2 aromatic heterocycles. The molecule has 128 valence electrons. The van der Waals surface area contributed by atoms with E-state index in [-0.39, 0.29) is 5.91 Å². The van der Waals surface area contributed by atoms with Crippen LogP contribution in [0.2, 0.25) is 0 Å². The summed E-state index contributed by atoms with van der Waals surface area (Å²) < 4.78 is 5.26. The Morgan fingerprint density at radius 2 is 2.00 bits per heavy atom. The largest absolute Gasteiger partial charge is 0.376 e. The van der Waals surface area contributed by atoms with E-state index in [1.807, 2.05) is 46.7 Å². The third-order valence-corrected chi connectivity index (χ3v) is 5.04. The molecule has 0 atom stereocenters. The van der Waals surface area contributed by atoms with Gasteiger partial charge in [-0.15, -0.1) is 11.3 Å². The van der Waals surface area contributed by atoms with E-state index < -0.39 is 0 Å². The average molecular weight is 354 g/mol. The van der Waals surface area contributed by atoms with Gasteiger partial charge in [-0.3, -0.25) is 4.79 Å². The lowest BCUT2D eigenvalue weighted by Gasteiger charge is -2.15. The van der Waals surface area contributed by atoms with Crippen LogP contribution < -0.4 is 5.32 Å². The fourth-order valence-corrected chi connectivity index (χ4v) is 3.49. The quantitative estimate of drug-likeness (QED) is 0.757. The van der Waals surface area contributed by atoms with E-state index in [1.165, 1.54) is 0 Å². The van der Waals surface area contributed by atoms with E-state index in [0.29, 0.717) is 18.3 Å². The molecule has 1 aliphatic heterocycles. The Balaban J connectivity index is 1.36. The van der Waals surface area contributed by atoms with Crippen LogP contribution in [0.15, 0.2) is 46.3 Å². The van der Waals surface area contributed by atoms with E-state index in [1.54, 1.807) is 11.3 Å². The van der Waals surface area contributed by atoms with Crippen molar-refractivity contribution in [3.05, 3.63) is 53.2 Å². The summed E-state index contributed by atoms with van der Waals surface area (Å²) in [6, 6.07) is 11.4. The third kappa shape index (κ3) is 3.56. The Morgan fingerprint density at radius 3 is 2.72 bits per heavy atom. The maximum atomic E-state index is 12.3. The van der Waals surface area contributed by atoms with Crippen molar-refractivity contribution >= 4 is 22.9 Å². The van der Waals surface area contributed by atoms with Gasteiger partial charge in [0.15, 0.2) is 0 Å². The highest BCUT2D eigenvalue weighted by atomic mass is 32.1. The Hall–Kier alpha value is -2.67. The number of benzene rings is 1. The van der Waals surface area contributed by atoms with Gasteiger partial charge in [0.2, 0.25) is 11.7 Å². The molecule has 4 rings (SSSR count). The number of nitrogens with one attached hydrogen (secondary N) is 1. The molecule has 3 aromatic rings. The second-order valence-electron chi connectivity index (χ2n) is 5.92. The van der Waals surface area contributed by atoms with Gasteiger partial charge < -0.3 is 14.7 Å². The van der Waals surface area contributed by atoms with Crippen molar-refractivity contribution in [2.75, 3.05) is 18.4 Å². The van der Waals surface area contributed by atoms with Gasteiger partial charge in [-0.25, -0.2) is 0 Å². The summed E-state index contributed by atoms with van der Waals surface area (Å²) in [5.74, 6) is 1.25. The molecular formula is C18H18N4O2S. The van der Waals surface area contributed by atoms with E-state index in [4.69, 9.17) is 4.52 Å². The SMILES string of the molecule is O=C(c1ccc(NCc2nc(-c3cccs3)no2)cc1)N1CCCC1. The number of thiophene rings is 1. The van der Waals surface area contributed by atoms with E-state index in [2.05, 4.69) is 15.5 Å². The smallest absolute Gasteiger partial charge is 0.253 e. The average Bonchev–Trinajstić information content (AvgIpc) is 3.42. The monoisotopic (exact) mass is 354 g/mol. The van der Waals surface area contributed by atoms with Crippen molar-refractivity contribution < 1.29 is 9.32 Å². The first-order valence-corrected chi connectivity index (χ1v) is 9.17. The topological polar surface area (TPSA) is 71.3 Å². The molecule has 1 aliphatic rings. The number of rotatable bonds is 5. The number of hydrogen-bond donors (Lipinski definition) is 1. The number of likely N-dealkylation sites (tertiary alicyclic amines) is 1. The van der Waals surface area contributed by atoms with Crippen LogP contribution in [0.25, 0.3) is 10.7 Å². The molecule has 1 fully saturated rings. The maximum absolute atomic E-state index is 12.3. The lowest BCUT2D eigenvalue weighted by atomic mass is 10.2. The Bertz CT molecular complexity index is 836. The molecule has 0 radical (unpaired) electrons. The number of carbonyl (C=O) groups is 1. The summed E-state index contributed by atoms with van der Waals surface area (Å²) in [4.78, 5) is 19.6. The Morgan fingerprint density at radius 1 is 1.20 bits per heavy atom. The molecule has 3 heterocycles. The molecular weight excluding hydrogens is 336 g/mol. The van der Waals surface area contributed by atoms with Gasteiger partial charge in [0, 0.05) is 24.3 Å². The molecule has 0 saturated carbocycles. The normalized spacial score (nSPS) is 14.0. The molecule has 1 aromatic carbocycles. The fourth-order valence-electron chi connectivity index (χ4n) is 2.84. The minimum atomic E-state index is 0.113. The molecule has 1 amide bonds. The summed E-state index contributed by atoms with van der Waals surface area (Å²) in [5.41, 5.74) is 1.64. The number of aromatic nitrogens is 2. The second-order valence-corrected chi connectivity index (χ2v) is 6.87. The third-order valence-electron chi connectivity index (χ3n) is 4.18. The summed E-state index contributed by atoms with van der Waals surface area (Å²) in [6.45, 7) is 2.17. The van der Waals surface area contributed by atoms with Crippen molar-refractivity contribution in [1.82, 2.24) is 15.0 Å². The molecule has 1 saturated heterocycles. The van der Waals surface area contributed by atoms with Crippen LogP contribution in [0.4, 0.5) is 5.69 Å². The second kappa shape index (κ2) is 7.06. The zero-order valence-electron chi connectivity index (χ0n) is 13.6. The number of carbonyl (C=O) groups excluding carboxylic acids is 1. The molecule has 7 heteroatoms. The van der Waals surface area contributed by atoms with Crippen LogP contribution >= 0.6 is 11.3 Å². The van der Waals surface area contributed by atoms with Gasteiger partial charge in [0.25, 0.3) is 5.91 Å². The first-order chi connectivity index (χ1) is 12.3. The van der Waals surface area contributed by atoms with E-state index >= 15 is 0 Å². The van der Waals surface area contributed by atoms with Gasteiger partial charge in [0.05, 0.1) is 11.4 Å². The van der Waals surface area contributed by atoms with Crippen LogP contribution in [0.5, 0.6) is 0 Å². The van der Waals surface area contributed by atoms with Crippen molar-refractivity contribution in [2.24, 2.45) is 0 Å². The highest BCUT2D eigenvalue weighted by molar-refractivity contribution is 7.13. The zero-order valence-corrected chi connectivity index (χ0v) is 14.5. The van der Waals surface area contributed by atoms with Gasteiger partial charge >= 0.3 is 0 Å². The summed E-state index contributed by atoms with van der Waals surface area (Å²) in [5, 5.41) is 9.20. The van der Waals surface area contributed by atoms with Crippen LogP contribution in [0.3, 0.4) is 0 Å². The lowest BCUT2D eigenvalue weighted by molar-refractivity contribution is 0.0793. The number of hydrogen-bond acceptors (Lipinski definition) is 6. The predicted molar refractivity (Wildman–Crippen MR) is 96.5 cm³/mol. The van der Waals surface area contributed by atoms with Crippen molar-refractivity contribution in [1.29, 1.82) is 0 Å². The van der Waals surface area contributed by atoms with Gasteiger partial charge in [-0.05, 0) is 48.6 Å². The fraction of sp³-hybridized carbons (Fsp3) is 0.278. The first-order valence-electron chi connectivity index (χ1n) is 8.29. The molecule has 6 nitrogen and oxygen atoms in total. The molecule has 0 aliphatic carbocycles. The van der Waals surface area contributed by atoms with E-state index in [0.717, 1.165) is 42.1 Å². The molecule has 25 heavy (non-hydrogen) atoms. The van der Waals surface area contributed by atoms with Crippen LogP contribution in [0.1, 0.15) is 29.1 Å². The molecule has 1 N–H and O–H groups in total. The van der Waals surface area contributed by atoms with Crippen molar-refractivity contribution in [2.45, 2.75) is 19.4 Å². The number of amides is 1. The first kappa shape index (κ1) is 15.8. The standard InChI is InChI=1S/C18H18N4O2S/c23-18(22-9-1-2-10-22)13-5-7-14(8-6-13)19-12-16-20-17(21-24-16)15-4-3-11-25-15/h3-8,11,19H,1-2,9-10,12H2. The highest BCUT2D eigenvalue weighted by Gasteiger charge is 2.19. The maximum Gasteiger partial charge on any atom is 0.253 e. The molecule has 0 unspecified atom stereocenters. The van der Waals surface area contributed by atoms with Gasteiger partial charge in [-0.2, -0.15) is 4.98 Å². The zero-order chi connectivity index (χ0) is 17.1. The van der Waals surface area contributed by atoms with Crippen LogP contribution in [-0.2, 0) is 6.54 Å². The minimum Gasteiger partial charge on any atom is -0.376 e. The van der Waals surface area contributed by atoms with E-state index in [9.17, 15) is 4.79 Å². The number of nitrogens with zero attached hydrogens (tertiary/aromatic N) is 3. The molecule has 0 bridgehead atoms. The Kier molecular flexibility index (Phi) is 4.47. The van der Waals surface area contributed by atoms with Crippen molar-refractivity contribution in [3.63, 3.8) is 0 Å². The van der Waals surface area contributed by atoms with Crippen LogP contribution in [0, 0.1) is 0 Å². The summed E-state index contributed by atoms with van der Waals surface area (Å²) in [6.07, 6.45) is 2.20. The minimum absolute atomic E-state index is 0.113. The predicted octanol–water partition coefficient (Wildman–Crippen LogP) is 3.65. The highest BCUT2D eigenvalue weighted by Crippen LogP contribution is 2.21. The van der Waals surface area contributed by atoms with Gasteiger partial charge in [0.1, 0.15) is 0 Å². The van der Waals surface area contributed by atoms with Crippen LogP contribution in [-0.4, -0.2) is 34.0 Å². The summed E-state index contributed by atoms with van der Waals surface area (Å²) >= 11 is 1.58.